The normalized spacial score (nSPS) is 13.0. The van der Waals surface area contributed by atoms with E-state index in [9.17, 15) is 4.79 Å². The van der Waals surface area contributed by atoms with Gasteiger partial charge in [-0.05, 0) is 29.8 Å². The van der Waals surface area contributed by atoms with Crippen molar-refractivity contribution in [3.05, 3.63) is 58.8 Å². The van der Waals surface area contributed by atoms with Crippen molar-refractivity contribution in [2.45, 2.75) is 6.61 Å². The summed E-state index contributed by atoms with van der Waals surface area (Å²) in [7, 11) is 0. The zero-order valence-corrected chi connectivity index (χ0v) is 13.3. The molecule has 1 aliphatic rings. The lowest BCUT2D eigenvalue weighted by Gasteiger charge is -2.20. The van der Waals surface area contributed by atoms with E-state index >= 15 is 0 Å². The zero-order chi connectivity index (χ0) is 16.5. The summed E-state index contributed by atoms with van der Waals surface area (Å²) in [6.45, 7) is 0.991. The first kappa shape index (κ1) is 14.9. The topological polar surface area (TPSA) is 57.9 Å². The van der Waals surface area contributed by atoms with Gasteiger partial charge in [-0.15, -0.1) is 0 Å². The highest BCUT2D eigenvalue weighted by Gasteiger charge is 2.18. The van der Waals surface area contributed by atoms with E-state index in [2.05, 4.69) is 0 Å². The SMILES string of the molecule is O=C(OCc1cc(Cl)c2c(c1)OCCO2)c1cc2ccccc2o1. The molecule has 1 aromatic heterocycles. The molecule has 1 aliphatic heterocycles. The van der Waals surface area contributed by atoms with Crippen LogP contribution in [0.4, 0.5) is 0 Å². The Morgan fingerprint density at radius 1 is 1.12 bits per heavy atom. The maximum absolute atomic E-state index is 12.2. The van der Waals surface area contributed by atoms with Crippen LogP contribution in [0.3, 0.4) is 0 Å². The number of carbonyl (C=O) groups is 1. The molecule has 5 nitrogen and oxygen atoms in total. The first-order chi connectivity index (χ1) is 11.7. The van der Waals surface area contributed by atoms with E-state index in [0.29, 0.717) is 40.9 Å². The van der Waals surface area contributed by atoms with Crippen molar-refractivity contribution < 1.29 is 23.4 Å². The van der Waals surface area contributed by atoms with Gasteiger partial charge in [-0.2, -0.15) is 0 Å². The van der Waals surface area contributed by atoms with Gasteiger partial charge >= 0.3 is 5.97 Å². The number of fused-ring (bicyclic) bond motifs is 2. The number of hydrogen-bond acceptors (Lipinski definition) is 5. The maximum Gasteiger partial charge on any atom is 0.374 e. The minimum Gasteiger partial charge on any atom is -0.486 e. The predicted octanol–water partition coefficient (Wildman–Crippen LogP) is 4.21. The number of hydrogen-bond donors (Lipinski definition) is 0. The van der Waals surface area contributed by atoms with Crippen LogP contribution in [0.15, 0.2) is 46.9 Å². The number of para-hydroxylation sites is 1. The highest BCUT2D eigenvalue weighted by Crippen LogP contribution is 2.38. The van der Waals surface area contributed by atoms with Crippen molar-refractivity contribution in [3.63, 3.8) is 0 Å². The second kappa shape index (κ2) is 6.09. The lowest BCUT2D eigenvalue weighted by molar-refractivity contribution is 0.0438. The van der Waals surface area contributed by atoms with E-state index in [1.165, 1.54) is 0 Å². The molecule has 3 aromatic rings. The fourth-order valence-electron chi connectivity index (χ4n) is 2.55. The average Bonchev–Trinajstić information content (AvgIpc) is 3.04. The number of halogens is 1. The highest BCUT2D eigenvalue weighted by molar-refractivity contribution is 6.32. The molecule has 0 bridgehead atoms. The molecule has 0 radical (unpaired) electrons. The lowest BCUT2D eigenvalue weighted by atomic mass is 10.2. The Balaban J connectivity index is 1.50. The molecule has 0 spiro atoms. The number of rotatable bonds is 3. The van der Waals surface area contributed by atoms with Crippen LogP contribution in [-0.4, -0.2) is 19.2 Å². The van der Waals surface area contributed by atoms with Gasteiger partial charge in [0.1, 0.15) is 25.4 Å². The van der Waals surface area contributed by atoms with E-state index in [1.54, 1.807) is 24.3 Å². The molecular formula is C18H13ClO5. The highest BCUT2D eigenvalue weighted by atomic mass is 35.5. The monoisotopic (exact) mass is 344 g/mol. The molecular weight excluding hydrogens is 332 g/mol. The van der Waals surface area contributed by atoms with Crippen LogP contribution < -0.4 is 9.47 Å². The van der Waals surface area contributed by atoms with Crippen molar-refractivity contribution in [3.8, 4) is 11.5 Å². The second-order valence-electron chi connectivity index (χ2n) is 5.33. The van der Waals surface area contributed by atoms with Gasteiger partial charge in [-0.3, -0.25) is 0 Å². The van der Waals surface area contributed by atoms with Crippen molar-refractivity contribution >= 4 is 28.5 Å². The first-order valence-corrected chi connectivity index (χ1v) is 7.82. The number of furan rings is 1. The predicted molar refractivity (Wildman–Crippen MR) is 87.8 cm³/mol. The van der Waals surface area contributed by atoms with Crippen LogP contribution in [0, 0.1) is 0 Å². The lowest BCUT2D eigenvalue weighted by Crippen LogP contribution is -2.16. The van der Waals surface area contributed by atoms with E-state index in [4.69, 9.17) is 30.2 Å². The molecule has 0 atom stereocenters. The minimum atomic E-state index is -0.530. The van der Waals surface area contributed by atoms with Crippen LogP contribution in [0.1, 0.15) is 16.1 Å². The fraction of sp³-hybridized carbons (Fsp3) is 0.167. The molecule has 0 amide bonds. The smallest absolute Gasteiger partial charge is 0.374 e. The van der Waals surface area contributed by atoms with Crippen LogP contribution in [0.5, 0.6) is 11.5 Å². The number of carbonyl (C=O) groups excluding carboxylic acids is 1. The van der Waals surface area contributed by atoms with Gasteiger partial charge in [0.05, 0.1) is 5.02 Å². The Kier molecular flexibility index (Phi) is 3.78. The quantitative estimate of drug-likeness (QED) is 0.666. The standard InChI is InChI=1S/C18H13ClO5/c19-13-7-11(8-15-17(13)22-6-5-21-15)10-23-18(20)16-9-12-3-1-2-4-14(12)24-16/h1-4,7-9H,5-6,10H2. The van der Waals surface area contributed by atoms with E-state index in [-0.39, 0.29) is 12.4 Å². The van der Waals surface area contributed by atoms with Crippen LogP contribution in [0.25, 0.3) is 11.0 Å². The van der Waals surface area contributed by atoms with Crippen LogP contribution in [0.2, 0.25) is 5.02 Å². The van der Waals surface area contributed by atoms with Crippen LogP contribution >= 0.6 is 11.6 Å². The van der Waals surface area contributed by atoms with E-state index < -0.39 is 5.97 Å². The van der Waals surface area contributed by atoms with Crippen molar-refractivity contribution in [2.24, 2.45) is 0 Å². The third kappa shape index (κ3) is 2.78. The summed E-state index contributed by atoms with van der Waals surface area (Å²) in [5, 5.41) is 1.29. The Bertz CT molecular complexity index is 882. The van der Waals surface area contributed by atoms with Crippen molar-refractivity contribution in [2.75, 3.05) is 13.2 Å². The fourth-order valence-corrected chi connectivity index (χ4v) is 2.84. The molecule has 6 heteroatoms. The van der Waals surface area contributed by atoms with Gasteiger partial charge in [0.25, 0.3) is 0 Å². The van der Waals surface area contributed by atoms with Gasteiger partial charge in [-0.25, -0.2) is 4.79 Å². The molecule has 24 heavy (non-hydrogen) atoms. The van der Waals surface area contributed by atoms with Gasteiger partial charge in [-0.1, -0.05) is 29.8 Å². The molecule has 2 heterocycles. The van der Waals surface area contributed by atoms with E-state index in [1.807, 2.05) is 18.2 Å². The average molecular weight is 345 g/mol. The third-order valence-corrected chi connectivity index (χ3v) is 3.93. The van der Waals surface area contributed by atoms with Crippen molar-refractivity contribution in [1.29, 1.82) is 0 Å². The maximum atomic E-state index is 12.2. The molecule has 4 rings (SSSR count). The summed E-state index contributed by atoms with van der Waals surface area (Å²) in [6, 6.07) is 12.5. The molecule has 0 saturated heterocycles. The van der Waals surface area contributed by atoms with Crippen molar-refractivity contribution in [1.82, 2.24) is 0 Å². The van der Waals surface area contributed by atoms with Gasteiger partial charge < -0.3 is 18.6 Å². The number of benzene rings is 2. The van der Waals surface area contributed by atoms with Gasteiger partial charge in [0, 0.05) is 5.39 Å². The Labute approximate surface area is 142 Å². The first-order valence-electron chi connectivity index (χ1n) is 7.44. The molecule has 0 unspecified atom stereocenters. The summed E-state index contributed by atoms with van der Waals surface area (Å²) >= 11 is 6.17. The van der Waals surface area contributed by atoms with Crippen LogP contribution in [-0.2, 0) is 11.3 Å². The Morgan fingerprint density at radius 2 is 1.96 bits per heavy atom. The van der Waals surface area contributed by atoms with Gasteiger partial charge in [0.15, 0.2) is 11.5 Å². The summed E-state index contributed by atoms with van der Waals surface area (Å²) in [4.78, 5) is 12.2. The Hall–Kier alpha value is -2.66. The summed E-state index contributed by atoms with van der Waals surface area (Å²) in [5.74, 6) is 0.718. The number of esters is 1. The minimum absolute atomic E-state index is 0.0617. The van der Waals surface area contributed by atoms with E-state index in [0.717, 1.165) is 5.39 Å². The number of ether oxygens (including phenoxy) is 3. The molecule has 0 saturated carbocycles. The third-order valence-electron chi connectivity index (χ3n) is 3.65. The second-order valence-corrected chi connectivity index (χ2v) is 5.73. The molecule has 0 N–H and O–H groups in total. The molecule has 0 aliphatic carbocycles. The van der Waals surface area contributed by atoms with Gasteiger partial charge in [0.2, 0.25) is 5.76 Å². The summed E-state index contributed by atoms with van der Waals surface area (Å²) in [6.07, 6.45) is 0. The Morgan fingerprint density at radius 3 is 2.83 bits per heavy atom. The molecule has 2 aromatic carbocycles. The summed E-state index contributed by atoms with van der Waals surface area (Å²) < 4.78 is 21.8. The molecule has 122 valence electrons. The zero-order valence-electron chi connectivity index (χ0n) is 12.6. The molecule has 0 fully saturated rings. The summed E-state index contributed by atoms with van der Waals surface area (Å²) in [5.41, 5.74) is 1.36. The largest absolute Gasteiger partial charge is 0.486 e.